The van der Waals surface area contributed by atoms with Gasteiger partial charge in [0.25, 0.3) is 0 Å². The summed E-state index contributed by atoms with van der Waals surface area (Å²) in [6.07, 6.45) is 0. The van der Waals surface area contributed by atoms with E-state index < -0.39 is 11.8 Å². The van der Waals surface area contributed by atoms with Crippen LogP contribution in [0.15, 0.2) is 66.7 Å². The SMILES string of the molecule is CC(=O)Nc1cccc(NC(=O)C(=O)Nc2ccc3ccccc3c2)c1. The normalized spacial score (nSPS) is 10.2. The van der Waals surface area contributed by atoms with E-state index >= 15 is 0 Å². The summed E-state index contributed by atoms with van der Waals surface area (Å²) in [5.74, 6) is -1.79. The van der Waals surface area contributed by atoms with Crippen molar-refractivity contribution in [3.8, 4) is 0 Å². The Kier molecular flexibility index (Phi) is 4.94. The summed E-state index contributed by atoms with van der Waals surface area (Å²) in [5, 5.41) is 9.72. The van der Waals surface area contributed by atoms with Crippen LogP contribution in [0, 0.1) is 0 Å². The number of benzene rings is 3. The van der Waals surface area contributed by atoms with Crippen LogP contribution in [0.1, 0.15) is 6.92 Å². The number of anilines is 3. The van der Waals surface area contributed by atoms with Crippen LogP contribution >= 0.6 is 0 Å². The lowest BCUT2D eigenvalue weighted by molar-refractivity contribution is -0.132. The fourth-order valence-corrected chi connectivity index (χ4v) is 2.52. The van der Waals surface area contributed by atoms with Crippen LogP contribution in [0.4, 0.5) is 17.1 Å². The molecule has 0 spiro atoms. The second-order valence-electron chi connectivity index (χ2n) is 5.73. The van der Waals surface area contributed by atoms with Gasteiger partial charge < -0.3 is 16.0 Å². The first-order chi connectivity index (χ1) is 12.5. The second kappa shape index (κ2) is 7.48. The number of nitrogens with one attached hydrogen (secondary N) is 3. The predicted molar refractivity (Wildman–Crippen MR) is 102 cm³/mol. The highest BCUT2D eigenvalue weighted by molar-refractivity contribution is 6.43. The van der Waals surface area contributed by atoms with Crippen molar-refractivity contribution in [2.45, 2.75) is 6.92 Å². The van der Waals surface area contributed by atoms with Crippen molar-refractivity contribution in [2.75, 3.05) is 16.0 Å². The van der Waals surface area contributed by atoms with Crippen LogP contribution < -0.4 is 16.0 Å². The van der Waals surface area contributed by atoms with Crippen molar-refractivity contribution in [3.05, 3.63) is 66.7 Å². The maximum atomic E-state index is 12.1. The van der Waals surface area contributed by atoms with Gasteiger partial charge in [-0.2, -0.15) is 0 Å². The molecule has 0 aromatic heterocycles. The molecule has 0 unspecified atom stereocenters. The van der Waals surface area contributed by atoms with Crippen LogP contribution in [0.2, 0.25) is 0 Å². The highest BCUT2D eigenvalue weighted by Gasteiger charge is 2.14. The van der Waals surface area contributed by atoms with Crippen LogP contribution in [0.25, 0.3) is 10.8 Å². The number of fused-ring (bicyclic) bond motifs is 1. The molecule has 0 saturated carbocycles. The highest BCUT2D eigenvalue weighted by Crippen LogP contribution is 2.19. The summed E-state index contributed by atoms with van der Waals surface area (Å²) in [6.45, 7) is 1.39. The van der Waals surface area contributed by atoms with Gasteiger partial charge in [0.2, 0.25) is 5.91 Å². The molecule has 6 heteroatoms. The molecule has 26 heavy (non-hydrogen) atoms. The standard InChI is InChI=1S/C20H17N3O3/c1-13(24)21-16-7-4-8-17(12-16)22-19(25)20(26)23-18-10-9-14-5-2-3-6-15(14)11-18/h2-12H,1H3,(H,21,24)(H,22,25)(H,23,26). The molecule has 3 aromatic carbocycles. The van der Waals surface area contributed by atoms with Gasteiger partial charge in [0.15, 0.2) is 0 Å². The van der Waals surface area contributed by atoms with Crippen LogP contribution in [-0.4, -0.2) is 17.7 Å². The molecule has 0 aliphatic rings. The van der Waals surface area contributed by atoms with E-state index in [0.717, 1.165) is 10.8 Å². The fraction of sp³-hybridized carbons (Fsp3) is 0.0500. The maximum Gasteiger partial charge on any atom is 0.314 e. The van der Waals surface area contributed by atoms with E-state index in [-0.39, 0.29) is 5.91 Å². The maximum absolute atomic E-state index is 12.1. The Labute approximate surface area is 150 Å². The fourth-order valence-electron chi connectivity index (χ4n) is 2.52. The number of hydrogen-bond acceptors (Lipinski definition) is 3. The zero-order chi connectivity index (χ0) is 18.5. The van der Waals surface area contributed by atoms with E-state index in [1.165, 1.54) is 6.92 Å². The molecular formula is C20H17N3O3. The van der Waals surface area contributed by atoms with Gasteiger partial charge in [-0.25, -0.2) is 0 Å². The Balaban J connectivity index is 1.67. The van der Waals surface area contributed by atoms with E-state index in [1.54, 1.807) is 36.4 Å². The zero-order valence-electron chi connectivity index (χ0n) is 14.1. The van der Waals surface area contributed by atoms with Crippen LogP contribution in [0.5, 0.6) is 0 Å². The van der Waals surface area contributed by atoms with Gasteiger partial charge in [-0.15, -0.1) is 0 Å². The van der Waals surface area contributed by atoms with Gasteiger partial charge >= 0.3 is 11.8 Å². The van der Waals surface area contributed by atoms with Gasteiger partial charge in [0, 0.05) is 24.0 Å². The number of amides is 3. The summed E-state index contributed by atoms with van der Waals surface area (Å²) in [7, 11) is 0. The average Bonchev–Trinajstić information content (AvgIpc) is 2.61. The minimum absolute atomic E-state index is 0.220. The van der Waals surface area contributed by atoms with Crippen molar-refractivity contribution in [1.29, 1.82) is 0 Å². The lowest BCUT2D eigenvalue weighted by Gasteiger charge is -2.09. The smallest absolute Gasteiger partial charge is 0.314 e. The molecule has 0 saturated heterocycles. The highest BCUT2D eigenvalue weighted by atomic mass is 16.2. The van der Waals surface area contributed by atoms with Crippen molar-refractivity contribution in [3.63, 3.8) is 0 Å². The summed E-state index contributed by atoms with van der Waals surface area (Å²) in [4.78, 5) is 35.3. The van der Waals surface area contributed by atoms with E-state index in [9.17, 15) is 14.4 Å². The molecule has 0 atom stereocenters. The monoisotopic (exact) mass is 347 g/mol. The summed E-state index contributed by atoms with van der Waals surface area (Å²) in [5.41, 5.74) is 1.48. The largest absolute Gasteiger partial charge is 0.326 e. The Morgan fingerprint density at radius 3 is 1.85 bits per heavy atom. The van der Waals surface area contributed by atoms with Gasteiger partial charge in [-0.1, -0.05) is 36.4 Å². The molecule has 0 aliphatic heterocycles. The first-order valence-corrected chi connectivity index (χ1v) is 8.00. The summed E-state index contributed by atoms with van der Waals surface area (Å²) < 4.78 is 0. The van der Waals surface area contributed by atoms with Crippen molar-refractivity contribution < 1.29 is 14.4 Å². The summed E-state index contributed by atoms with van der Waals surface area (Å²) in [6, 6.07) is 19.7. The minimum atomic E-state index is -0.793. The van der Waals surface area contributed by atoms with Gasteiger partial charge in [0.1, 0.15) is 0 Å². The molecule has 3 N–H and O–H groups in total. The molecule has 0 aliphatic carbocycles. The average molecular weight is 347 g/mol. The van der Waals surface area contributed by atoms with E-state index in [1.807, 2.05) is 30.3 Å². The number of hydrogen-bond donors (Lipinski definition) is 3. The number of carbonyl (C=O) groups excluding carboxylic acids is 3. The predicted octanol–water partition coefficient (Wildman–Crippen LogP) is 3.38. The molecule has 0 bridgehead atoms. The lowest BCUT2D eigenvalue weighted by atomic mass is 10.1. The zero-order valence-corrected chi connectivity index (χ0v) is 14.1. The molecule has 0 radical (unpaired) electrons. The first-order valence-electron chi connectivity index (χ1n) is 8.00. The number of carbonyl (C=O) groups is 3. The number of rotatable bonds is 3. The minimum Gasteiger partial charge on any atom is -0.326 e. The Bertz CT molecular complexity index is 998. The Morgan fingerprint density at radius 1 is 0.615 bits per heavy atom. The third kappa shape index (κ3) is 4.24. The first kappa shape index (κ1) is 17.2. The third-order valence-corrected chi connectivity index (χ3v) is 3.65. The summed E-state index contributed by atoms with van der Waals surface area (Å²) >= 11 is 0. The van der Waals surface area contributed by atoms with Gasteiger partial charge in [0.05, 0.1) is 0 Å². The molecule has 0 fully saturated rings. The molecule has 3 aromatic rings. The lowest BCUT2D eigenvalue weighted by Crippen LogP contribution is -2.29. The Morgan fingerprint density at radius 2 is 1.19 bits per heavy atom. The molecule has 3 amide bonds. The third-order valence-electron chi connectivity index (χ3n) is 3.65. The van der Waals surface area contributed by atoms with Crippen LogP contribution in [-0.2, 0) is 14.4 Å². The van der Waals surface area contributed by atoms with E-state index in [2.05, 4.69) is 16.0 Å². The van der Waals surface area contributed by atoms with Crippen molar-refractivity contribution >= 4 is 45.6 Å². The second-order valence-corrected chi connectivity index (χ2v) is 5.73. The van der Waals surface area contributed by atoms with Gasteiger partial charge in [-0.3, -0.25) is 14.4 Å². The quantitative estimate of drug-likeness (QED) is 0.635. The van der Waals surface area contributed by atoms with E-state index in [0.29, 0.717) is 17.1 Å². The molecule has 3 rings (SSSR count). The molecular weight excluding hydrogens is 330 g/mol. The van der Waals surface area contributed by atoms with Crippen molar-refractivity contribution in [1.82, 2.24) is 0 Å². The molecule has 130 valence electrons. The van der Waals surface area contributed by atoms with E-state index in [4.69, 9.17) is 0 Å². The molecule has 6 nitrogen and oxygen atoms in total. The Hall–Kier alpha value is -3.67. The topological polar surface area (TPSA) is 87.3 Å². The molecule has 0 heterocycles. The van der Waals surface area contributed by atoms with Crippen LogP contribution in [0.3, 0.4) is 0 Å². The van der Waals surface area contributed by atoms with Gasteiger partial charge in [-0.05, 0) is 41.1 Å². The van der Waals surface area contributed by atoms with Crippen molar-refractivity contribution in [2.24, 2.45) is 0 Å².